The second-order valence-corrected chi connectivity index (χ2v) is 4.82. The molecule has 0 saturated heterocycles. The zero-order valence-electron chi connectivity index (χ0n) is 10.2. The lowest BCUT2D eigenvalue weighted by Crippen LogP contribution is -1.97. The highest BCUT2D eigenvalue weighted by Crippen LogP contribution is 2.28. The van der Waals surface area contributed by atoms with Crippen molar-refractivity contribution in [1.82, 2.24) is 9.97 Å². The van der Waals surface area contributed by atoms with Crippen molar-refractivity contribution in [2.24, 2.45) is 0 Å². The fourth-order valence-electron chi connectivity index (χ4n) is 1.54. The molecule has 0 spiro atoms. The van der Waals surface area contributed by atoms with E-state index < -0.39 is 11.6 Å². The third kappa shape index (κ3) is 3.47. The molecular weight excluding hydrogens is 318 g/mol. The van der Waals surface area contributed by atoms with Gasteiger partial charge in [0.1, 0.15) is 6.33 Å². The van der Waals surface area contributed by atoms with E-state index in [1.807, 2.05) is 6.92 Å². The lowest BCUT2D eigenvalue weighted by atomic mass is 10.2. The number of rotatable bonds is 4. The van der Waals surface area contributed by atoms with E-state index in [4.69, 9.17) is 4.74 Å². The van der Waals surface area contributed by atoms with Gasteiger partial charge in [-0.3, -0.25) is 0 Å². The van der Waals surface area contributed by atoms with E-state index in [9.17, 15) is 8.78 Å². The minimum absolute atomic E-state index is 0.190. The van der Waals surface area contributed by atoms with Crippen molar-refractivity contribution in [2.45, 2.75) is 19.8 Å². The number of nitrogens with zero attached hydrogens (tertiary/aromatic N) is 2. The maximum absolute atomic E-state index is 13.6. The van der Waals surface area contributed by atoms with Crippen molar-refractivity contribution in [3.8, 4) is 11.6 Å². The largest absolute Gasteiger partial charge is 0.436 e. The standard InChI is InChI=1S/C13H11BrF2N2O/c1-2-3-9-6-12(18-7-17-9)19-11-5-8(14)4-10(15)13(11)16/h4-7H,2-3H2,1H3. The summed E-state index contributed by atoms with van der Waals surface area (Å²) in [4.78, 5) is 7.94. The van der Waals surface area contributed by atoms with E-state index in [1.54, 1.807) is 6.07 Å². The Morgan fingerprint density at radius 3 is 2.74 bits per heavy atom. The van der Waals surface area contributed by atoms with Crippen LogP contribution in [0.15, 0.2) is 29.0 Å². The topological polar surface area (TPSA) is 35.0 Å². The van der Waals surface area contributed by atoms with Crippen LogP contribution in [0.4, 0.5) is 8.78 Å². The minimum atomic E-state index is -1.04. The van der Waals surface area contributed by atoms with Crippen molar-refractivity contribution in [3.63, 3.8) is 0 Å². The summed E-state index contributed by atoms with van der Waals surface area (Å²) < 4.78 is 32.4. The molecule has 0 amide bonds. The van der Waals surface area contributed by atoms with Gasteiger partial charge in [0, 0.05) is 16.2 Å². The first kappa shape index (κ1) is 13.9. The summed E-state index contributed by atoms with van der Waals surface area (Å²) in [5.74, 6) is -2.05. The lowest BCUT2D eigenvalue weighted by molar-refractivity contribution is 0.403. The number of aryl methyl sites for hydroxylation is 1. The molecule has 2 aromatic rings. The summed E-state index contributed by atoms with van der Waals surface area (Å²) in [7, 11) is 0. The van der Waals surface area contributed by atoms with Gasteiger partial charge in [-0.1, -0.05) is 29.3 Å². The molecule has 0 atom stereocenters. The maximum Gasteiger partial charge on any atom is 0.222 e. The highest BCUT2D eigenvalue weighted by atomic mass is 79.9. The van der Waals surface area contributed by atoms with Crippen LogP contribution >= 0.6 is 15.9 Å². The molecule has 0 N–H and O–H groups in total. The van der Waals surface area contributed by atoms with Gasteiger partial charge >= 0.3 is 0 Å². The molecule has 0 saturated carbocycles. The Labute approximate surface area is 117 Å². The van der Waals surface area contributed by atoms with Crippen LogP contribution in [0.5, 0.6) is 11.6 Å². The monoisotopic (exact) mass is 328 g/mol. The molecule has 0 bridgehead atoms. The van der Waals surface area contributed by atoms with Crippen LogP contribution in [-0.2, 0) is 6.42 Å². The molecule has 0 aliphatic carbocycles. The Morgan fingerprint density at radius 2 is 2.00 bits per heavy atom. The molecule has 0 fully saturated rings. The molecule has 100 valence electrons. The van der Waals surface area contributed by atoms with Crippen LogP contribution < -0.4 is 4.74 Å². The first-order chi connectivity index (χ1) is 9.10. The predicted octanol–water partition coefficient (Wildman–Crippen LogP) is 4.26. The smallest absolute Gasteiger partial charge is 0.222 e. The van der Waals surface area contributed by atoms with Crippen LogP contribution in [0.2, 0.25) is 0 Å². The zero-order valence-corrected chi connectivity index (χ0v) is 11.7. The van der Waals surface area contributed by atoms with E-state index in [0.717, 1.165) is 24.6 Å². The molecule has 0 aliphatic heterocycles. The number of hydrogen-bond acceptors (Lipinski definition) is 3. The van der Waals surface area contributed by atoms with Crippen molar-refractivity contribution in [3.05, 3.63) is 46.3 Å². The quantitative estimate of drug-likeness (QED) is 0.786. The zero-order chi connectivity index (χ0) is 13.8. The second-order valence-electron chi connectivity index (χ2n) is 3.90. The Hall–Kier alpha value is -1.56. The van der Waals surface area contributed by atoms with Crippen molar-refractivity contribution in [1.29, 1.82) is 0 Å². The van der Waals surface area contributed by atoms with Gasteiger partial charge in [-0.25, -0.2) is 14.4 Å². The van der Waals surface area contributed by atoms with Gasteiger partial charge in [0.15, 0.2) is 11.6 Å². The maximum atomic E-state index is 13.6. The van der Waals surface area contributed by atoms with Gasteiger partial charge in [0.05, 0.1) is 0 Å². The van der Waals surface area contributed by atoms with Crippen LogP contribution in [-0.4, -0.2) is 9.97 Å². The van der Waals surface area contributed by atoms with Crippen molar-refractivity contribution >= 4 is 15.9 Å². The summed E-state index contributed by atoms with van der Waals surface area (Å²) in [5.41, 5.74) is 0.795. The van der Waals surface area contributed by atoms with E-state index in [0.29, 0.717) is 4.47 Å². The number of benzene rings is 1. The number of hydrogen-bond donors (Lipinski definition) is 0. The highest BCUT2D eigenvalue weighted by Gasteiger charge is 2.13. The van der Waals surface area contributed by atoms with Gasteiger partial charge in [0.2, 0.25) is 11.7 Å². The first-order valence-corrected chi connectivity index (χ1v) is 6.52. The third-order valence-electron chi connectivity index (χ3n) is 2.38. The van der Waals surface area contributed by atoms with Crippen molar-refractivity contribution in [2.75, 3.05) is 0 Å². The summed E-state index contributed by atoms with van der Waals surface area (Å²) >= 11 is 3.08. The summed E-state index contributed by atoms with van der Waals surface area (Å²) in [6.07, 6.45) is 3.04. The Balaban J connectivity index is 2.28. The Morgan fingerprint density at radius 1 is 1.21 bits per heavy atom. The molecule has 6 heteroatoms. The predicted molar refractivity (Wildman–Crippen MR) is 70.2 cm³/mol. The molecular formula is C13H11BrF2N2O. The minimum Gasteiger partial charge on any atom is -0.436 e. The molecule has 19 heavy (non-hydrogen) atoms. The summed E-state index contributed by atoms with van der Waals surface area (Å²) in [6, 6.07) is 3.99. The number of ether oxygens (including phenoxy) is 1. The van der Waals surface area contributed by atoms with Crippen LogP contribution in [0, 0.1) is 11.6 Å². The molecule has 1 aromatic heterocycles. The molecule has 1 heterocycles. The molecule has 3 nitrogen and oxygen atoms in total. The van der Waals surface area contributed by atoms with Crippen LogP contribution in [0.3, 0.4) is 0 Å². The molecule has 0 aliphatic rings. The highest BCUT2D eigenvalue weighted by molar-refractivity contribution is 9.10. The van der Waals surface area contributed by atoms with E-state index >= 15 is 0 Å². The van der Waals surface area contributed by atoms with Gasteiger partial charge in [-0.2, -0.15) is 4.39 Å². The van der Waals surface area contributed by atoms with Crippen LogP contribution in [0.1, 0.15) is 19.0 Å². The van der Waals surface area contributed by atoms with Gasteiger partial charge < -0.3 is 4.74 Å². The summed E-state index contributed by atoms with van der Waals surface area (Å²) in [6.45, 7) is 2.02. The molecule has 0 radical (unpaired) electrons. The fraction of sp³-hybridized carbons (Fsp3) is 0.231. The molecule has 0 unspecified atom stereocenters. The van der Waals surface area contributed by atoms with E-state index in [2.05, 4.69) is 25.9 Å². The van der Waals surface area contributed by atoms with Gasteiger partial charge in [-0.05, 0) is 18.6 Å². The molecule has 2 rings (SSSR count). The van der Waals surface area contributed by atoms with E-state index in [-0.39, 0.29) is 11.6 Å². The number of aromatic nitrogens is 2. The second kappa shape index (κ2) is 6.06. The summed E-state index contributed by atoms with van der Waals surface area (Å²) in [5, 5.41) is 0. The first-order valence-electron chi connectivity index (χ1n) is 5.73. The normalized spacial score (nSPS) is 10.5. The van der Waals surface area contributed by atoms with Gasteiger partial charge in [-0.15, -0.1) is 0 Å². The lowest BCUT2D eigenvalue weighted by Gasteiger charge is -2.07. The average Bonchev–Trinajstić information content (AvgIpc) is 2.36. The fourth-order valence-corrected chi connectivity index (χ4v) is 1.95. The van der Waals surface area contributed by atoms with Gasteiger partial charge in [0.25, 0.3) is 0 Å². The SMILES string of the molecule is CCCc1cc(Oc2cc(Br)cc(F)c2F)ncn1. The average molecular weight is 329 g/mol. The number of halogens is 3. The van der Waals surface area contributed by atoms with Crippen molar-refractivity contribution < 1.29 is 13.5 Å². The van der Waals surface area contributed by atoms with E-state index in [1.165, 1.54) is 12.4 Å². The third-order valence-corrected chi connectivity index (χ3v) is 2.84. The Bertz CT molecular complexity index is 593. The Kier molecular flexibility index (Phi) is 4.42. The van der Waals surface area contributed by atoms with Crippen LogP contribution in [0.25, 0.3) is 0 Å². The molecule has 1 aromatic carbocycles.